The Morgan fingerprint density at radius 2 is 1.65 bits per heavy atom. The molecule has 0 fully saturated rings. The molecule has 0 saturated heterocycles. The van der Waals surface area contributed by atoms with Crippen LogP contribution in [-0.4, -0.2) is 56.1 Å². The van der Waals surface area contributed by atoms with E-state index in [0.29, 0.717) is 21.7 Å². The van der Waals surface area contributed by atoms with E-state index in [0.717, 1.165) is 0 Å². The van der Waals surface area contributed by atoms with Crippen molar-refractivity contribution in [3.63, 3.8) is 0 Å². The summed E-state index contributed by atoms with van der Waals surface area (Å²) < 4.78 is 16.0. The summed E-state index contributed by atoms with van der Waals surface area (Å²) in [6.45, 7) is -0.359. The first-order chi connectivity index (χ1) is 14.7. The van der Waals surface area contributed by atoms with Crippen LogP contribution in [0.3, 0.4) is 0 Å². The summed E-state index contributed by atoms with van der Waals surface area (Å²) in [6, 6.07) is 4.32. The van der Waals surface area contributed by atoms with Crippen LogP contribution < -0.4 is 25.0 Å². The minimum atomic E-state index is -0.603. The van der Waals surface area contributed by atoms with Crippen LogP contribution in [0.4, 0.5) is 0 Å². The quantitative estimate of drug-likeness (QED) is 0.287. The summed E-state index contributed by atoms with van der Waals surface area (Å²) in [6.07, 6.45) is 1.18. The second kappa shape index (κ2) is 10.9. The summed E-state index contributed by atoms with van der Waals surface area (Å²) in [5, 5.41) is 25.9. The zero-order chi connectivity index (χ0) is 23.1. The second-order valence-corrected chi connectivity index (χ2v) is 7.50. The number of phenols is 2. The molecule has 31 heavy (non-hydrogen) atoms. The van der Waals surface area contributed by atoms with Gasteiger partial charge in [-0.05, 0) is 50.1 Å². The minimum Gasteiger partial charge on any atom is -0.506 e. The number of hydrazone groups is 1. The number of hydrogen-bond acceptors (Lipinski definition) is 8. The van der Waals surface area contributed by atoms with E-state index in [-0.39, 0.29) is 33.6 Å². The molecule has 2 aromatic rings. The number of rotatable bonds is 8. The molecule has 4 N–H and O–H groups in total. The summed E-state index contributed by atoms with van der Waals surface area (Å²) >= 11 is 6.17. The number of amides is 2. The van der Waals surface area contributed by atoms with Crippen molar-refractivity contribution in [1.29, 1.82) is 0 Å². The van der Waals surface area contributed by atoms with Crippen LogP contribution in [-0.2, 0) is 4.79 Å². The Balaban J connectivity index is 2.01. The van der Waals surface area contributed by atoms with Crippen molar-refractivity contribution in [2.24, 2.45) is 5.10 Å². The number of nitrogens with zero attached hydrogens (tertiary/aromatic N) is 1. The SMILES string of the molecule is COc1cc(C(=O)NCC(=O)N/N=C/c2cc(Br)c(O)c(Br)c2O)cc(OC)c1OC. The van der Waals surface area contributed by atoms with Gasteiger partial charge in [-0.3, -0.25) is 9.59 Å². The third-order valence-corrected chi connectivity index (χ3v) is 5.28. The molecule has 0 radical (unpaired) electrons. The van der Waals surface area contributed by atoms with Gasteiger partial charge in [-0.15, -0.1) is 0 Å². The van der Waals surface area contributed by atoms with Gasteiger partial charge >= 0.3 is 0 Å². The third-order valence-electron chi connectivity index (χ3n) is 3.93. The predicted octanol–water partition coefficient (Wildman–Crippen LogP) is 2.53. The monoisotopic (exact) mass is 559 g/mol. The molecule has 0 aliphatic heterocycles. The number of ether oxygens (including phenoxy) is 3. The van der Waals surface area contributed by atoms with Crippen LogP contribution in [0.15, 0.2) is 32.2 Å². The normalized spacial score (nSPS) is 10.6. The predicted molar refractivity (Wildman–Crippen MR) is 119 cm³/mol. The average molecular weight is 561 g/mol. The van der Waals surface area contributed by atoms with E-state index in [1.54, 1.807) is 0 Å². The largest absolute Gasteiger partial charge is 0.506 e. The lowest BCUT2D eigenvalue weighted by Crippen LogP contribution is -2.34. The van der Waals surface area contributed by atoms with Crippen LogP contribution in [0.5, 0.6) is 28.7 Å². The molecule has 166 valence electrons. The topological polar surface area (TPSA) is 139 Å². The maximum atomic E-state index is 12.4. The van der Waals surface area contributed by atoms with Gasteiger partial charge < -0.3 is 29.7 Å². The molecule has 0 heterocycles. The van der Waals surface area contributed by atoms with Gasteiger partial charge in [-0.2, -0.15) is 5.10 Å². The second-order valence-electron chi connectivity index (χ2n) is 5.85. The maximum absolute atomic E-state index is 12.4. The molecular formula is C19H19Br2N3O7. The Bertz CT molecular complexity index is 1000. The van der Waals surface area contributed by atoms with Crippen molar-refractivity contribution in [3.8, 4) is 28.7 Å². The van der Waals surface area contributed by atoms with Crippen molar-refractivity contribution in [1.82, 2.24) is 10.7 Å². The smallest absolute Gasteiger partial charge is 0.259 e. The van der Waals surface area contributed by atoms with Crippen molar-refractivity contribution >= 4 is 49.9 Å². The first kappa shape index (κ1) is 24.3. The molecule has 2 rings (SSSR count). The Hall–Kier alpha value is -2.99. The highest BCUT2D eigenvalue weighted by atomic mass is 79.9. The van der Waals surface area contributed by atoms with Crippen molar-refractivity contribution in [2.45, 2.75) is 0 Å². The van der Waals surface area contributed by atoms with Crippen LogP contribution in [0.2, 0.25) is 0 Å². The Kier molecular flexibility index (Phi) is 8.51. The van der Waals surface area contributed by atoms with Gasteiger partial charge in [0.25, 0.3) is 11.8 Å². The molecule has 0 spiro atoms. The van der Waals surface area contributed by atoms with E-state index in [4.69, 9.17) is 14.2 Å². The highest BCUT2D eigenvalue weighted by Crippen LogP contribution is 2.40. The molecule has 0 aliphatic rings. The number of carbonyl (C=O) groups excluding carboxylic acids is 2. The van der Waals surface area contributed by atoms with Crippen LogP contribution in [0.25, 0.3) is 0 Å². The van der Waals surface area contributed by atoms with Crippen LogP contribution in [0.1, 0.15) is 15.9 Å². The third kappa shape index (κ3) is 5.79. The molecule has 2 aromatic carbocycles. The number of phenolic OH excluding ortho intramolecular Hbond substituents is 2. The van der Waals surface area contributed by atoms with Crippen molar-refractivity contribution < 1.29 is 34.0 Å². The summed E-state index contributed by atoms with van der Waals surface area (Å²) in [5.74, 6) is -0.637. The first-order valence-corrected chi connectivity index (χ1v) is 10.1. The molecule has 0 aromatic heterocycles. The van der Waals surface area contributed by atoms with Crippen molar-refractivity contribution in [2.75, 3.05) is 27.9 Å². The summed E-state index contributed by atoms with van der Waals surface area (Å²) in [7, 11) is 4.29. The molecule has 0 bridgehead atoms. The van der Waals surface area contributed by atoms with E-state index < -0.39 is 11.8 Å². The van der Waals surface area contributed by atoms with E-state index in [9.17, 15) is 19.8 Å². The van der Waals surface area contributed by atoms with Gasteiger partial charge in [0.05, 0.1) is 38.6 Å². The van der Waals surface area contributed by atoms with Crippen LogP contribution in [0, 0.1) is 0 Å². The fourth-order valence-electron chi connectivity index (χ4n) is 2.40. The number of hydrogen-bond donors (Lipinski definition) is 4. The van der Waals surface area contributed by atoms with Gasteiger partial charge in [-0.25, -0.2) is 5.43 Å². The number of aromatic hydroxyl groups is 2. The number of halogens is 2. The van der Waals surface area contributed by atoms with E-state index in [1.807, 2.05) is 0 Å². The van der Waals surface area contributed by atoms with E-state index in [2.05, 4.69) is 47.7 Å². The minimum absolute atomic E-state index is 0.0762. The lowest BCUT2D eigenvalue weighted by Gasteiger charge is -2.14. The molecule has 10 nitrogen and oxygen atoms in total. The highest BCUT2D eigenvalue weighted by molar-refractivity contribution is 9.11. The average Bonchev–Trinajstić information content (AvgIpc) is 2.78. The van der Waals surface area contributed by atoms with Gasteiger partial charge in [0.15, 0.2) is 11.5 Å². The number of methoxy groups -OCH3 is 3. The highest BCUT2D eigenvalue weighted by Gasteiger charge is 2.17. The lowest BCUT2D eigenvalue weighted by molar-refractivity contribution is -0.120. The summed E-state index contributed by atoms with van der Waals surface area (Å²) in [4.78, 5) is 24.3. The molecule has 2 amide bonds. The maximum Gasteiger partial charge on any atom is 0.259 e. The Labute approximate surface area is 194 Å². The van der Waals surface area contributed by atoms with Gasteiger partial charge in [0.1, 0.15) is 16.0 Å². The van der Waals surface area contributed by atoms with Crippen LogP contribution >= 0.6 is 31.9 Å². The molecule has 0 aliphatic carbocycles. The lowest BCUT2D eigenvalue weighted by atomic mass is 10.1. The zero-order valence-electron chi connectivity index (χ0n) is 16.7. The Morgan fingerprint density at radius 1 is 1.03 bits per heavy atom. The molecular weight excluding hydrogens is 542 g/mol. The van der Waals surface area contributed by atoms with E-state index in [1.165, 1.54) is 45.7 Å². The number of carbonyl (C=O) groups is 2. The molecule has 12 heteroatoms. The number of benzene rings is 2. The fraction of sp³-hybridized carbons (Fsp3) is 0.211. The molecule has 0 saturated carbocycles. The van der Waals surface area contributed by atoms with Gasteiger partial charge in [0, 0.05) is 11.1 Å². The van der Waals surface area contributed by atoms with Gasteiger partial charge in [0.2, 0.25) is 5.75 Å². The fourth-order valence-corrected chi connectivity index (χ4v) is 3.56. The van der Waals surface area contributed by atoms with Crippen molar-refractivity contribution in [3.05, 3.63) is 38.3 Å². The Morgan fingerprint density at radius 3 is 2.19 bits per heavy atom. The first-order valence-electron chi connectivity index (χ1n) is 8.53. The van der Waals surface area contributed by atoms with Gasteiger partial charge in [-0.1, -0.05) is 0 Å². The standard InChI is InChI=1S/C19H19Br2N3O7/c1-29-12-5-9(6-13(30-2)18(12)31-3)19(28)22-8-14(25)24-23-7-10-4-11(20)17(27)15(21)16(10)26/h4-7,26-27H,8H2,1-3H3,(H,22,28)(H,24,25)/b23-7+. The molecule has 0 atom stereocenters. The van der Waals surface area contributed by atoms with E-state index >= 15 is 0 Å². The zero-order valence-corrected chi connectivity index (χ0v) is 19.8. The molecule has 0 unspecified atom stereocenters. The summed E-state index contributed by atoms with van der Waals surface area (Å²) in [5.41, 5.74) is 2.66. The number of nitrogens with one attached hydrogen (secondary N) is 2.